The Labute approximate surface area is 184 Å². The van der Waals surface area contributed by atoms with Gasteiger partial charge in [-0.1, -0.05) is 18.2 Å². The third kappa shape index (κ3) is 6.66. The fraction of sp³-hybridized carbons (Fsp3) is 0.350. The summed E-state index contributed by atoms with van der Waals surface area (Å²) in [5.74, 6) is 1.64. The zero-order chi connectivity index (χ0) is 19.8. The van der Waals surface area contributed by atoms with E-state index in [1.165, 1.54) is 0 Å². The average Bonchev–Trinajstić information content (AvgIpc) is 2.68. The Balaban J connectivity index is 0.00000392. The fourth-order valence-electron chi connectivity index (χ4n) is 2.58. The van der Waals surface area contributed by atoms with Gasteiger partial charge in [0.15, 0.2) is 5.96 Å². The van der Waals surface area contributed by atoms with Crippen molar-refractivity contribution in [3.05, 3.63) is 59.3 Å². The van der Waals surface area contributed by atoms with Gasteiger partial charge in [-0.05, 0) is 23.8 Å². The summed E-state index contributed by atoms with van der Waals surface area (Å²) in [6.07, 6.45) is 1.79. The SMILES string of the molecule is CN=C(NCc1ccc(C(=O)N(C)C)cc1)NCc1cccnc1N(C)C.I. The van der Waals surface area contributed by atoms with Crippen molar-refractivity contribution in [2.24, 2.45) is 4.99 Å². The summed E-state index contributed by atoms with van der Waals surface area (Å²) < 4.78 is 0. The maximum Gasteiger partial charge on any atom is 0.253 e. The molecule has 0 radical (unpaired) electrons. The zero-order valence-electron chi connectivity index (χ0n) is 17.1. The normalized spacial score (nSPS) is 10.7. The van der Waals surface area contributed by atoms with Crippen LogP contribution in [-0.2, 0) is 13.1 Å². The predicted octanol–water partition coefficient (Wildman–Crippen LogP) is 2.33. The molecule has 1 heterocycles. The van der Waals surface area contributed by atoms with Gasteiger partial charge in [0.2, 0.25) is 0 Å². The molecule has 1 aromatic heterocycles. The van der Waals surface area contributed by atoms with Crippen LogP contribution in [0.15, 0.2) is 47.6 Å². The minimum atomic E-state index is 0. The molecule has 2 rings (SSSR count). The number of pyridine rings is 1. The van der Waals surface area contributed by atoms with Crippen molar-refractivity contribution in [1.29, 1.82) is 0 Å². The fourth-order valence-corrected chi connectivity index (χ4v) is 2.58. The van der Waals surface area contributed by atoms with Crippen molar-refractivity contribution >= 4 is 41.7 Å². The number of carbonyl (C=O) groups is 1. The summed E-state index contributed by atoms with van der Waals surface area (Å²) in [5, 5.41) is 6.59. The van der Waals surface area contributed by atoms with Crippen LogP contribution < -0.4 is 15.5 Å². The molecule has 0 saturated carbocycles. The van der Waals surface area contributed by atoms with Crippen molar-refractivity contribution in [2.45, 2.75) is 13.1 Å². The maximum absolute atomic E-state index is 11.9. The molecule has 0 aliphatic heterocycles. The average molecular weight is 496 g/mol. The number of rotatable bonds is 6. The molecule has 28 heavy (non-hydrogen) atoms. The van der Waals surface area contributed by atoms with Crippen LogP contribution in [0.2, 0.25) is 0 Å². The van der Waals surface area contributed by atoms with E-state index in [9.17, 15) is 4.79 Å². The molecule has 0 bridgehead atoms. The van der Waals surface area contributed by atoms with Crippen LogP contribution in [0.4, 0.5) is 5.82 Å². The number of hydrogen-bond acceptors (Lipinski definition) is 4. The lowest BCUT2D eigenvalue weighted by Crippen LogP contribution is -2.36. The van der Waals surface area contributed by atoms with Crippen LogP contribution in [0.1, 0.15) is 21.5 Å². The van der Waals surface area contributed by atoms with E-state index in [0.29, 0.717) is 24.6 Å². The van der Waals surface area contributed by atoms with E-state index in [0.717, 1.165) is 16.9 Å². The number of nitrogens with one attached hydrogen (secondary N) is 2. The van der Waals surface area contributed by atoms with Gasteiger partial charge in [-0.25, -0.2) is 4.98 Å². The van der Waals surface area contributed by atoms with Gasteiger partial charge in [-0.15, -0.1) is 24.0 Å². The van der Waals surface area contributed by atoms with Gasteiger partial charge in [0.1, 0.15) is 5.82 Å². The monoisotopic (exact) mass is 496 g/mol. The van der Waals surface area contributed by atoms with E-state index in [-0.39, 0.29) is 29.9 Å². The minimum Gasteiger partial charge on any atom is -0.362 e. The summed E-state index contributed by atoms with van der Waals surface area (Å²) in [5.41, 5.74) is 2.85. The van der Waals surface area contributed by atoms with Crippen molar-refractivity contribution in [3.63, 3.8) is 0 Å². The van der Waals surface area contributed by atoms with Crippen LogP contribution in [0.3, 0.4) is 0 Å². The minimum absolute atomic E-state index is 0. The van der Waals surface area contributed by atoms with E-state index in [1.54, 1.807) is 32.2 Å². The molecule has 152 valence electrons. The lowest BCUT2D eigenvalue weighted by molar-refractivity contribution is 0.0827. The predicted molar refractivity (Wildman–Crippen MR) is 125 cm³/mol. The van der Waals surface area contributed by atoms with Gasteiger partial charge in [-0.2, -0.15) is 0 Å². The van der Waals surface area contributed by atoms with Crippen LogP contribution in [0.25, 0.3) is 0 Å². The van der Waals surface area contributed by atoms with Crippen molar-refractivity contribution in [2.75, 3.05) is 40.1 Å². The molecule has 0 fully saturated rings. The van der Waals surface area contributed by atoms with Crippen LogP contribution in [0, 0.1) is 0 Å². The zero-order valence-corrected chi connectivity index (χ0v) is 19.4. The highest BCUT2D eigenvalue weighted by atomic mass is 127. The molecule has 0 atom stereocenters. The number of amides is 1. The molecule has 1 aromatic carbocycles. The first-order chi connectivity index (χ1) is 12.9. The van der Waals surface area contributed by atoms with E-state index in [4.69, 9.17) is 0 Å². The number of benzene rings is 1. The summed E-state index contributed by atoms with van der Waals surface area (Å²) in [7, 11) is 9.19. The van der Waals surface area contributed by atoms with Crippen molar-refractivity contribution in [3.8, 4) is 0 Å². The number of nitrogens with zero attached hydrogens (tertiary/aromatic N) is 4. The van der Waals surface area contributed by atoms with Gasteiger partial charge >= 0.3 is 0 Å². The first kappa shape index (κ1) is 23.7. The van der Waals surface area contributed by atoms with Gasteiger partial charge in [-0.3, -0.25) is 9.79 Å². The Hall–Kier alpha value is -2.36. The number of aromatic nitrogens is 1. The topological polar surface area (TPSA) is 72.9 Å². The Morgan fingerprint density at radius 2 is 1.68 bits per heavy atom. The van der Waals surface area contributed by atoms with Gasteiger partial charge in [0.25, 0.3) is 5.91 Å². The van der Waals surface area contributed by atoms with Gasteiger partial charge in [0.05, 0.1) is 0 Å². The van der Waals surface area contributed by atoms with Crippen LogP contribution in [-0.4, -0.2) is 57.0 Å². The molecule has 8 heteroatoms. The van der Waals surface area contributed by atoms with Gasteiger partial charge < -0.3 is 20.4 Å². The number of guanidine groups is 1. The quantitative estimate of drug-likeness (QED) is 0.365. The van der Waals surface area contributed by atoms with E-state index < -0.39 is 0 Å². The number of hydrogen-bond donors (Lipinski definition) is 2. The van der Waals surface area contributed by atoms with E-state index >= 15 is 0 Å². The smallest absolute Gasteiger partial charge is 0.253 e. The number of anilines is 1. The molecule has 0 spiro atoms. The molecule has 7 nitrogen and oxygen atoms in total. The molecule has 0 aliphatic rings. The summed E-state index contributed by atoms with van der Waals surface area (Å²) >= 11 is 0. The maximum atomic E-state index is 11.9. The Bertz CT molecular complexity index is 790. The van der Waals surface area contributed by atoms with Crippen LogP contribution in [0.5, 0.6) is 0 Å². The third-order valence-electron chi connectivity index (χ3n) is 4.03. The molecule has 0 unspecified atom stereocenters. The summed E-state index contributed by atoms with van der Waals surface area (Å²) in [6.45, 7) is 1.24. The first-order valence-electron chi connectivity index (χ1n) is 8.78. The Kier molecular flexibility index (Phi) is 9.70. The summed E-state index contributed by atoms with van der Waals surface area (Å²) in [4.78, 5) is 24.2. The van der Waals surface area contributed by atoms with Crippen molar-refractivity contribution in [1.82, 2.24) is 20.5 Å². The largest absolute Gasteiger partial charge is 0.362 e. The second kappa shape index (κ2) is 11.5. The molecule has 2 N–H and O–H groups in total. The highest BCUT2D eigenvalue weighted by Gasteiger charge is 2.08. The van der Waals surface area contributed by atoms with Crippen molar-refractivity contribution < 1.29 is 4.79 Å². The lowest BCUT2D eigenvalue weighted by Gasteiger charge is -2.17. The molecule has 2 aromatic rings. The highest BCUT2D eigenvalue weighted by molar-refractivity contribution is 14.0. The first-order valence-corrected chi connectivity index (χ1v) is 8.78. The second-order valence-electron chi connectivity index (χ2n) is 6.56. The Morgan fingerprint density at radius 3 is 2.25 bits per heavy atom. The lowest BCUT2D eigenvalue weighted by atomic mass is 10.1. The standard InChI is InChI=1S/C20H28N6O.HI/c1-21-20(24-14-17-7-6-12-22-18(17)25(2)3)23-13-15-8-10-16(11-9-15)19(27)26(4)5;/h6-12H,13-14H2,1-5H3,(H2,21,23,24);1H. The summed E-state index contributed by atoms with van der Waals surface area (Å²) in [6, 6.07) is 11.5. The highest BCUT2D eigenvalue weighted by Crippen LogP contribution is 2.13. The van der Waals surface area contributed by atoms with Crippen LogP contribution >= 0.6 is 24.0 Å². The Morgan fingerprint density at radius 1 is 1.04 bits per heavy atom. The molecular weight excluding hydrogens is 467 g/mol. The number of carbonyl (C=O) groups excluding carboxylic acids is 1. The molecular formula is C20H29IN6O. The molecule has 0 aliphatic carbocycles. The third-order valence-corrected chi connectivity index (χ3v) is 4.03. The van der Waals surface area contributed by atoms with E-state index in [2.05, 4.69) is 20.6 Å². The number of aliphatic imine (C=N–C) groups is 1. The molecule has 1 amide bonds. The van der Waals surface area contributed by atoms with Gasteiger partial charge in [0, 0.05) is 65.7 Å². The molecule has 0 saturated heterocycles. The van der Waals surface area contributed by atoms with E-state index in [1.807, 2.05) is 55.4 Å². The second-order valence-corrected chi connectivity index (χ2v) is 6.56. The number of halogens is 1.